The predicted molar refractivity (Wildman–Crippen MR) is 95.8 cm³/mol. The number of aryl methyl sites for hydroxylation is 1. The molecule has 3 heterocycles. The minimum absolute atomic E-state index is 0.0346. The summed E-state index contributed by atoms with van der Waals surface area (Å²) in [4.78, 5) is 6.17. The van der Waals surface area contributed by atoms with E-state index in [4.69, 9.17) is 4.52 Å². The zero-order valence-electron chi connectivity index (χ0n) is 15.7. The van der Waals surface area contributed by atoms with Crippen molar-refractivity contribution in [3.63, 3.8) is 0 Å². The molecule has 2 aliphatic heterocycles. The van der Waals surface area contributed by atoms with E-state index in [1.807, 2.05) is 7.05 Å². The van der Waals surface area contributed by atoms with Gasteiger partial charge in [0.05, 0.1) is 10.9 Å². The first-order valence-electron chi connectivity index (χ1n) is 9.15. The average Bonchev–Trinajstić information content (AvgIpc) is 3.18. The second kappa shape index (κ2) is 6.85. The van der Waals surface area contributed by atoms with Crippen molar-refractivity contribution < 1.29 is 21.7 Å². The van der Waals surface area contributed by atoms with Crippen LogP contribution in [0.5, 0.6) is 0 Å². The standard InChI is InChI=1S/C18H22F2N4O3S/c1-12-21-17(22-27-12)16-10-18(11-23(16)2)3-5-24(6-4-18)28(25,26)15-8-13(19)7-14(20)9-15/h7-9,16H,3-6,10-11H2,1-2H3. The van der Waals surface area contributed by atoms with E-state index in [1.54, 1.807) is 6.92 Å². The summed E-state index contributed by atoms with van der Waals surface area (Å²) in [5.74, 6) is -0.625. The van der Waals surface area contributed by atoms with Crippen LogP contribution in [0.4, 0.5) is 8.78 Å². The number of halogens is 2. The molecule has 0 saturated carbocycles. The molecule has 4 rings (SSSR count). The van der Waals surface area contributed by atoms with E-state index >= 15 is 0 Å². The van der Waals surface area contributed by atoms with Gasteiger partial charge in [0.1, 0.15) is 11.6 Å². The van der Waals surface area contributed by atoms with Gasteiger partial charge in [-0.15, -0.1) is 0 Å². The summed E-state index contributed by atoms with van der Waals surface area (Å²) >= 11 is 0. The number of benzene rings is 1. The van der Waals surface area contributed by atoms with Gasteiger partial charge >= 0.3 is 0 Å². The third-order valence-corrected chi connectivity index (χ3v) is 7.72. The highest BCUT2D eigenvalue weighted by molar-refractivity contribution is 7.89. The summed E-state index contributed by atoms with van der Waals surface area (Å²) in [6.45, 7) is 3.19. The van der Waals surface area contributed by atoms with E-state index in [1.165, 1.54) is 4.31 Å². The first kappa shape index (κ1) is 19.4. The molecule has 28 heavy (non-hydrogen) atoms. The largest absolute Gasteiger partial charge is 0.340 e. The molecular formula is C18H22F2N4O3S. The van der Waals surface area contributed by atoms with Crippen molar-refractivity contribution in [2.24, 2.45) is 5.41 Å². The van der Waals surface area contributed by atoms with Gasteiger partial charge in [0.25, 0.3) is 0 Å². The Labute approximate surface area is 162 Å². The minimum Gasteiger partial charge on any atom is -0.340 e. The zero-order valence-corrected chi connectivity index (χ0v) is 16.5. The fraction of sp³-hybridized carbons (Fsp3) is 0.556. The van der Waals surface area contributed by atoms with Crippen LogP contribution in [0.3, 0.4) is 0 Å². The van der Waals surface area contributed by atoms with E-state index < -0.39 is 21.7 Å². The molecule has 2 aromatic rings. The van der Waals surface area contributed by atoms with Crippen LogP contribution in [-0.4, -0.2) is 54.4 Å². The van der Waals surface area contributed by atoms with Gasteiger partial charge in [-0.1, -0.05) is 5.16 Å². The fourth-order valence-corrected chi connectivity index (χ4v) is 5.88. The monoisotopic (exact) mass is 412 g/mol. The summed E-state index contributed by atoms with van der Waals surface area (Å²) in [6, 6.07) is 2.43. The number of likely N-dealkylation sites (tertiary alicyclic amines) is 1. The lowest BCUT2D eigenvalue weighted by Crippen LogP contribution is -2.44. The van der Waals surface area contributed by atoms with Gasteiger partial charge in [-0.3, -0.25) is 4.90 Å². The normalized spacial score (nSPS) is 23.5. The molecule has 7 nitrogen and oxygen atoms in total. The highest BCUT2D eigenvalue weighted by Crippen LogP contribution is 2.48. The quantitative estimate of drug-likeness (QED) is 0.771. The molecule has 0 aliphatic carbocycles. The highest BCUT2D eigenvalue weighted by Gasteiger charge is 2.47. The second-order valence-corrected chi connectivity index (χ2v) is 9.75. The molecule has 1 aromatic carbocycles. The molecule has 1 spiro atoms. The van der Waals surface area contributed by atoms with Gasteiger partial charge in [-0.25, -0.2) is 17.2 Å². The van der Waals surface area contributed by atoms with Gasteiger partial charge in [-0.05, 0) is 43.9 Å². The number of piperidine rings is 1. The van der Waals surface area contributed by atoms with Crippen LogP contribution < -0.4 is 0 Å². The highest BCUT2D eigenvalue weighted by atomic mass is 32.2. The van der Waals surface area contributed by atoms with Crippen molar-refractivity contribution in [2.75, 3.05) is 26.7 Å². The maximum Gasteiger partial charge on any atom is 0.243 e. The van der Waals surface area contributed by atoms with Gasteiger partial charge in [0, 0.05) is 32.6 Å². The van der Waals surface area contributed by atoms with E-state index in [0.29, 0.717) is 43.7 Å². The van der Waals surface area contributed by atoms with Crippen LogP contribution in [0.1, 0.15) is 37.0 Å². The molecule has 1 aromatic heterocycles. The van der Waals surface area contributed by atoms with Crippen molar-refractivity contribution in [1.29, 1.82) is 0 Å². The smallest absolute Gasteiger partial charge is 0.243 e. The number of rotatable bonds is 3. The van der Waals surface area contributed by atoms with E-state index in [2.05, 4.69) is 15.0 Å². The number of nitrogens with zero attached hydrogens (tertiary/aromatic N) is 4. The molecule has 10 heteroatoms. The zero-order chi connectivity index (χ0) is 20.1. The molecule has 2 fully saturated rings. The Balaban J connectivity index is 1.48. The summed E-state index contributed by atoms with van der Waals surface area (Å²) in [5, 5.41) is 4.03. The van der Waals surface area contributed by atoms with Crippen molar-refractivity contribution in [3.8, 4) is 0 Å². The molecule has 1 unspecified atom stereocenters. The maximum absolute atomic E-state index is 13.5. The van der Waals surface area contributed by atoms with Crippen LogP contribution in [0.25, 0.3) is 0 Å². The fourth-order valence-electron chi connectivity index (χ4n) is 4.40. The van der Waals surface area contributed by atoms with Gasteiger partial charge in [-0.2, -0.15) is 9.29 Å². The molecular weight excluding hydrogens is 390 g/mol. The molecule has 0 radical (unpaired) electrons. The first-order chi connectivity index (χ1) is 13.2. The average molecular weight is 412 g/mol. The molecule has 0 N–H and O–H groups in total. The molecule has 2 saturated heterocycles. The Morgan fingerprint density at radius 3 is 2.39 bits per heavy atom. The van der Waals surface area contributed by atoms with Crippen molar-refractivity contribution in [3.05, 3.63) is 41.5 Å². The van der Waals surface area contributed by atoms with E-state index in [-0.39, 0.29) is 16.4 Å². The second-order valence-electron chi connectivity index (χ2n) is 7.82. The molecule has 0 bridgehead atoms. The third-order valence-electron chi connectivity index (χ3n) is 5.84. The van der Waals surface area contributed by atoms with E-state index in [0.717, 1.165) is 25.1 Å². The van der Waals surface area contributed by atoms with Gasteiger partial charge in [0.2, 0.25) is 15.9 Å². The number of hydrogen-bond acceptors (Lipinski definition) is 6. The Morgan fingerprint density at radius 1 is 1.18 bits per heavy atom. The van der Waals surface area contributed by atoms with Crippen LogP contribution in [0.15, 0.2) is 27.6 Å². The van der Waals surface area contributed by atoms with Crippen LogP contribution in [0, 0.1) is 24.0 Å². The maximum atomic E-state index is 13.5. The van der Waals surface area contributed by atoms with Gasteiger partial charge in [0.15, 0.2) is 5.82 Å². The predicted octanol–water partition coefficient (Wildman–Crippen LogP) is 2.50. The van der Waals surface area contributed by atoms with Gasteiger partial charge < -0.3 is 4.52 Å². The Hall–Kier alpha value is -1.91. The minimum atomic E-state index is -3.93. The number of sulfonamides is 1. The molecule has 0 amide bonds. The molecule has 1 atom stereocenters. The molecule has 2 aliphatic rings. The van der Waals surface area contributed by atoms with Crippen molar-refractivity contribution in [1.82, 2.24) is 19.3 Å². The molecule has 152 valence electrons. The summed E-state index contributed by atoms with van der Waals surface area (Å²) in [6.07, 6.45) is 2.16. The van der Waals surface area contributed by atoms with Crippen LogP contribution >= 0.6 is 0 Å². The van der Waals surface area contributed by atoms with Crippen LogP contribution in [-0.2, 0) is 10.0 Å². The third kappa shape index (κ3) is 3.44. The van der Waals surface area contributed by atoms with Crippen LogP contribution in [0.2, 0.25) is 0 Å². The lowest BCUT2D eigenvalue weighted by molar-refractivity contribution is 0.161. The summed E-state index contributed by atoms with van der Waals surface area (Å²) in [5.41, 5.74) is -0.0346. The summed E-state index contributed by atoms with van der Waals surface area (Å²) in [7, 11) is -1.93. The topological polar surface area (TPSA) is 79.5 Å². The Bertz CT molecular complexity index is 966. The number of aromatic nitrogens is 2. The van der Waals surface area contributed by atoms with Crippen molar-refractivity contribution >= 4 is 10.0 Å². The Kier molecular flexibility index (Phi) is 4.75. The summed E-state index contributed by atoms with van der Waals surface area (Å²) < 4.78 is 58.9. The van der Waals surface area contributed by atoms with Crippen molar-refractivity contribution in [2.45, 2.75) is 37.1 Å². The van der Waals surface area contributed by atoms with E-state index in [9.17, 15) is 17.2 Å². The first-order valence-corrected chi connectivity index (χ1v) is 10.6. The lowest BCUT2D eigenvalue weighted by Gasteiger charge is -2.38. The lowest BCUT2D eigenvalue weighted by atomic mass is 9.77. The Morgan fingerprint density at radius 2 is 1.82 bits per heavy atom. The number of hydrogen-bond donors (Lipinski definition) is 0. The SMILES string of the molecule is Cc1nc(C2CC3(CCN(S(=O)(=O)c4cc(F)cc(F)c4)CC3)CN2C)no1.